The Bertz CT molecular complexity index is 358. The van der Waals surface area contributed by atoms with Gasteiger partial charge in [-0.3, -0.25) is 9.80 Å². The van der Waals surface area contributed by atoms with Crippen LogP contribution in [0.25, 0.3) is 0 Å². The van der Waals surface area contributed by atoms with Gasteiger partial charge in [0.25, 0.3) is 0 Å². The molecule has 6 heteroatoms. The van der Waals surface area contributed by atoms with Gasteiger partial charge in [0.15, 0.2) is 9.84 Å². The van der Waals surface area contributed by atoms with E-state index in [1.165, 1.54) is 0 Å². The van der Waals surface area contributed by atoms with Gasteiger partial charge in [0, 0.05) is 38.3 Å². The first-order valence-corrected chi connectivity index (χ1v) is 8.13. The number of nitrogens with zero attached hydrogens (tertiary/aromatic N) is 2. The number of piperazine rings is 1. The van der Waals surface area contributed by atoms with Crippen LogP contribution >= 0.6 is 0 Å². The Morgan fingerprint density at radius 3 is 2.71 bits per heavy atom. The van der Waals surface area contributed by atoms with Gasteiger partial charge in [-0.2, -0.15) is 0 Å². The van der Waals surface area contributed by atoms with Crippen molar-refractivity contribution in [3.8, 4) is 0 Å². The molecule has 2 heterocycles. The lowest BCUT2D eigenvalue weighted by Crippen LogP contribution is -2.57. The van der Waals surface area contributed by atoms with Crippen LogP contribution < -0.4 is 5.32 Å². The smallest absolute Gasteiger partial charge is 0.151 e. The molecule has 2 unspecified atom stereocenters. The minimum absolute atomic E-state index is 0.257. The summed E-state index contributed by atoms with van der Waals surface area (Å²) in [7, 11) is 1.35. The van der Waals surface area contributed by atoms with Crippen molar-refractivity contribution >= 4 is 9.84 Å². The number of rotatable bonds is 3. The molecule has 0 bridgehead atoms. The second-order valence-electron chi connectivity index (χ2n) is 5.24. The van der Waals surface area contributed by atoms with E-state index in [0.29, 0.717) is 17.5 Å². The van der Waals surface area contributed by atoms with Crippen LogP contribution in [0.4, 0.5) is 0 Å². The third-order valence-electron chi connectivity index (χ3n) is 3.97. The zero-order chi connectivity index (χ0) is 12.5. The molecule has 0 spiro atoms. The van der Waals surface area contributed by atoms with Gasteiger partial charge < -0.3 is 5.32 Å². The third kappa shape index (κ3) is 3.19. The summed E-state index contributed by atoms with van der Waals surface area (Å²) in [6.45, 7) is 3.98. The molecule has 100 valence electrons. The van der Waals surface area contributed by atoms with Gasteiger partial charge in [-0.05, 0) is 20.5 Å². The van der Waals surface area contributed by atoms with E-state index in [9.17, 15) is 8.42 Å². The molecule has 1 N–H and O–H groups in total. The lowest BCUT2D eigenvalue weighted by molar-refractivity contribution is 0.0721. The van der Waals surface area contributed by atoms with Crippen LogP contribution in [-0.2, 0) is 9.84 Å². The van der Waals surface area contributed by atoms with E-state index in [4.69, 9.17) is 0 Å². The molecule has 5 nitrogen and oxygen atoms in total. The van der Waals surface area contributed by atoms with Crippen LogP contribution in [0.1, 0.15) is 6.42 Å². The molecule has 0 saturated carbocycles. The Balaban J connectivity index is 1.94. The summed E-state index contributed by atoms with van der Waals surface area (Å²) in [4.78, 5) is 4.73. The molecule has 17 heavy (non-hydrogen) atoms. The zero-order valence-electron chi connectivity index (χ0n) is 10.7. The molecule has 0 aliphatic carbocycles. The van der Waals surface area contributed by atoms with Crippen molar-refractivity contribution in [2.45, 2.75) is 18.5 Å². The fourth-order valence-electron chi connectivity index (χ4n) is 2.82. The summed E-state index contributed by atoms with van der Waals surface area (Å²) >= 11 is 0. The van der Waals surface area contributed by atoms with Crippen LogP contribution in [0.3, 0.4) is 0 Å². The highest BCUT2D eigenvalue weighted by molar-refractivity contribution is 7.91. The van der Waals surface area contributed by atoms with Crippen molar-refractivity contribution < 1.29 is 8.42 Å². The van der Waals surface area contributed by atoms with E-state index in [1.54, 1.807) is 0 Å². The van der Waals surface area contributed by atoms with Crippen LogP contribution in [0.2, 0.25) is 0 Å². The van der Waals surface area contributed by atoms with Crippen molar-refractivity contribution in [3.05, 3.63) is 0 Å². The van der Waals surface area contributed by atoms with Crippen LogP contribution in [0.5, 0.6) is 0 Å². The topological polar surface area (TPSA) is 52.7 Å². The highest BCUT2D eigenvalue weighted by Crippen LogP contribution is 2.20. The highest BCUT2D eigenvalue weighted by Gasteiger charge is 2.35. The molecule has 2 fully saturated rings. The largest absolute Gasteiger partial charge is 0.318 e. The molecule has 2 saturated heterocycles. The normalized spacial score (nSPS) is 35.2. The summed E-state index contributed by atoms with van der Waals surface area (Å²) in [5.74, 6) is 0.740. The Morgan fingerprint density at radius 1 is 1.35 bits per heavy atom. The van der Waals surface area contributed by atoms with Crippen molar-refractivity contribution in [3.63, 3.8) is 0 Å². The van der Waals surface area contributed by atoms with Crippen molar-refractivity contribution in [1.82, 2.24) is 15.1 Å². The minimum atomic E-state index is -2.76. The Hall–Kier alpha value is -0.170. The highest BCUT2D eigenvalue weighted by atomic mass is 32.2. The Morgan fingerprint density at radius 2 is 2.12 bits per heavy atom. The molecule has 0 aromatic rings. The SMILES string of the molecule is CNCC1CN(C2CCS(=O)(=O)C2)CCN1C. The molecule has 2 aliphatic heterocycles. The van der Waals surface area contributed by atoms with Gasteiger partial charge in [-0.1, -0.05) is 0 Å². The first-order valence-electron chi connectivity index (χ1n) is 6.31. The molecule has 0 aromatic carbocycles. The zero-order valence-corrected chi connectivity index (χ0v) is 11.5. The van der Waals surface area contributed by atoms with Gasteiger partial charge in [-0.25, -0.2) is 8.42 Å². The van der Waals surface area contributed by atoms with Crippen LogP contribution in [0, 0.1) is 0 Å². The molecular formula is C11H23N3O2S. The maximum Gasteiger partial charge on any atom is 0.151 e. The molecular weight excluding hydrogens is 238 g/mol. The van der Waals surface area contributed by atoms with Gasteiger partial charge in [0.05, 0.1) is 11.5 Å². The van der Waals surface area contributed by atoms with Crippen molar-refractivity contribution in [2.75, 3.05) is 51.8 Å². The number of hydrogen-bond acceptors (Lipinski definition) is 5. The fourth-order valence-corrected chi connectivity index (χ4v) is 4.58. The molecule has 0 radical (unpaired) electrons. The summed E-state index contributed by atoms with van der Waals surface area (Å²) in [6.07, 6.45) is 0.818. The van der Waals surface area contributed by atoms with E-state index >= 15 is 0 Å². The molecule has 0 amide bonds. The first-order chi connectivity index (χ1) is 8.02. The minimum Gasteiger partial charge on any atom is -0.318 e. The number of hydrogen-bond donors (Lipinski definition) is 1. The summed E-state index contributed by atoms with van der Waals surface area (Å²) in [6, 6.07) is 0.755. The van der Waals surface area contributed by atoms with Gasteiger partial charge >= 0.3 is 0 Å². The monoisotopic (exact) mass is 261 g/mol. The van der Waals surface area contributed by atoms with Crippen molar-refractivity contribution in [1.29, 1.82) is 0 Å². The van der Waals surface area contributed by atoms with Gasteiger partial charge in [0.1, 0.15) is 0 Å². The lowest BCUT2D eigenvalue weighted by Gasteiger charge is -2.41. The predicted octanol–water partition coefficient (Wildman–Crippen LogP) is -0.991. The van der Waals surface area contributed by atoms with E-state index in [0.717, 1.165) is 32.6 Å². The number of nitrogens with one attached hydrogen (secondary N) is 1. The average Bonchev–Trinajstić information content (AvgIpc) is 2.62. The number of sulfone groups is 1. The second kappa shape index (κ2) is 5.22. The van der Waals surface area contributed by atoms with E-state index in [-0.39, 0.29) is 6.04 Å². The summed E-state index contributed by atoms with van der Waals surface area (Å²) in [5.41, 5.74) is 0. The van der Waals surface area contributed by atoms with Crippen LogP contribution in [0.15, 0.2) is 0 Å². The van der Waals surface area contributed by atoms with E-state index < -0.39 is 9.84 Å². The van der Waals surface area contributed by atoms with Crippen LogP contribution in [-0.4, -0.2) is 82.1 Å². The third-order valence-corrected chi connectivity index (χ3v) is 5.72. The van der Waals surface area contributed by atoms with Gasteiger partial charge in [-0.15, -0.1) is 0 Å². The first kappa shape index (κ1) is 13.3. The standard InChI is InChI=1S/C11H23N3O2S/c1-12-7-11-8-14(5-4-13(11)2)10-3-6-17(15,16)9-10/h10-12H,3-9H2,1-2H3. The maximum absolute atomic E-state index is 11.5. The quantitative estimate of drug-likeness (QED) is 0.707. The predicted molar refractivity (Wildman–Crippen MR) is 69.0 cm³/mol. The summed E-state index contributed by atoms with van der Waals surface area (Å²) in [5, 5.41) is 3.21. The fraction of sp³-hybridized carbons (Fsp3) is 1.00. The molecule has 2 atom stereocenters. The lowest BCUT2D eigenvalue weighted by atomic mass is 10.1. The molecule has 2 aliphatic rings. The number of likely N-dealkylation sites (N-methyl/N-ethyl adjacent to an activating group) is 2. The van der Waals surface area contributed by atoms with E-state index in [2.05, 4.69) is 22.2 Å². The second-order valence-corrected chi connectivity index (χ2v) is 7.47. The van der Waals surface area contributed by atoms with Gasteiger partial charge in [0.2, 0.25) is 0 Å². The molecule has 0 aromatic heterocycles. The summed E-state index contributed by atoms with van der Waals surface area (Å²) < 4.78 is 23.0. The Labute approximate surface area is 104 Å². The maximum atomic E-state index is 11.5. The average molecular weight is 261 g/mol. The van der Waals surface area contributed by atoms with E-state index in [1.807, 2.05) is 7.05 Å². The molecule has 2 rings (SSSR count). The van der Waals surface area contributed by atoms with Crippen molar-refractivity contribution in [2.24, 2.45) is 0 Å². The Kier molecular flexibility index (Phi) is 4.07.